The van der Waals surface area contributed by atoms with Gasteiger partial charge in [0, 0.05) is 12.7 Å². The number of amides is 1. The molecule has 1 aromatic heterocycles. The number of nitrogens with zero attached hydrogens (tertiary/aromatic N) is 2. The second kappa shape index (κ2) is 9.21. The number of halogens is 4. The van der Waals surface area contributed by atoms with Crippen molar-refractivity contribution in [3.05, 3.63) is 101 Å². The number of carbonyl (C=O) groups excluding carboxylic acids is 2. The smallest absolute Gasteiger partial charge is 0.416 e. The van der Waals surface area contributed by atoms with E-state index in [2.05, 4.69) is 4.98 Å². The fourth-order valence-corrected chi connectivity index (χ4v) is 3.94. The Morgan fingerprint density at radius 1 is 1.09 bits per heavy atom. The highest BCUT2D eigenvalue weighted by molar-refractivity contribution is 6.46. The number of aliphatic hydroxyl groups is 1. The number of Topliss-reactive ketones (excluding diaryl/α,β-unsaturated/α-hetero) is 1. The van der Waals surface area contributed by atoms with Gasteiger partial charge in [0.25, 0.3) is 11.7 Å². The zero-order chi connectivity index (χ0) is 25.3. The van der Waals surface area contributed by atoms with Crippen LogP contribution in [0, 0.1) is 5.82 Å². The molecule has 4 rings (SSSR count). The molecule has 10 heteroatoms. The van der Waals surface area contributed by atoms with Gasteiger partial charge in [-0.05, 0) is 48.0 Å². The first-order chi connectivity index (χ1) is 16.6. The molecule has 1 atom stereocenters. The van der Waals surface area contributed by atoms with Gasteiger partial charge in [0.1, 0.15) is 23.4 Å². The maximum Gasteiger partial charge on any atom is 0.416 e. The van der Waals surface area contributed by atoms with Crippen LogP contribution in [0.25, 0.3) is 5.76 Å². The molecule has 1 aliphatic heterocycles. The normalized spacial score (nSPS) is 17.6. The van der Waals surface area contributed by atoms with E-state index in [-0.39, 0.29) is 34.7 Å². The largest absolute Gasteiger partial charge is 0.507 e. The molecule has 2 heterocycles. The summed E-state index contributed by atoms with van der Waals surface area (Å²) in [4.78, 5) is 31.3. The van der Waals surface area contributed by atoms with Crippen molar-refractivity contribution in [1.29, 1.82) is 0 Å². The quantitative estimate of drug-likeness (QED) is 0.241. The van der Waals surface area contributed by atoms with Crippen molar-refractivity contribution >= 4 is 17.4 Å². The van der Waals surface area contributed by atoms with E-state index in [0.29, 0.717) is 0 Å². The highest BCUT2D eigenvalue weighted by atomic mass is 19.4. The molecule has 180 valence electrons. The molecule has 6 nitrogen and oxygen atoms in total. The fraction of sp³-hybridized carbons (Fsp3) is 0.160. The number of aromatic nitrogens is 1. The summed E-state index contributed by atoms with van der Waals surface area (Å²) in [6, 6.07) is 11.1. The lowest BCUT2D eigenvalue weighted by Crippen LogP contribution is -2.29. The monoisotopic (exact) mass is 486 g/mol. The molecule has 0 bridgehead atoms. The van der Waals surface area contributed by atoms with Crippen LogP contribution in [0.1, 0.15) is 28.4 Å². The third kappa shape index (κ3) is 4.59. The number of hydrogen-bond acceptors (Lipinski definition) is 5. The zero-order valence-corrected chi connectivity index (χ0v) is 18.2. The second-order valence-corrected chi connectivity index (χ2v) is 7.72. The molecular formula is C25H18F4N2O4. The minimum Gasteiger partial charge on any atom is -0.507 e. The predicted octanol–water partition coefficient (Wildman–Crippen LogP) is 4.87. The first-order valence-electron chi connectivity index (χ1n) is 10.3. The average molecular weight is 486 g/mol. The van der Waals surface area contributed by atoms with E-state index < -0.39 is 41.0 Å². The van der Waals surface area contributed by atoms with E-state index in [1.54, 1.807) is 12.1 Å². The van der Waals surface area contributed by atoms with Crippen LogP contribution in [0.4, 0.5) is 17.6 Å². The first kappa shape index (κ1) is 23.9. The molecule has 1 amide bonds. The molecule has 1 unspecified atom stereocenters. The van der Waals surface area contributed by atoms with Crippen LogP contribution in [0.15, 0.2) is 72.4 Å². The van der Waals surface area contributed by atoms with Gasteiger partial charge in [0.15, 0.2) is 0 Å². The van der Waals surface area contributed by atoms with Crippen molar-refractivity contribution < 1.29 is 37.0 Å². The number of carbonyl (C=O) groups is 2. The number of alkyl halides is 3. The lowest BCUT2D eigenvalue weighted by molar-refractivity contribution is -0.140. The van der Waals surface area contributed by atoms with Crippen molar-refractivity contribution in [1.82, 2.24) is 9.88 Å². The maximum absolute atomic E-state index is 14.0. The lowest BCUT2D eigenvalue weighted by Gasteiger charge is -2.25. The molecule has 3 aromatic rings. The number of methoxy groups -OCH3 is 1. The van der Waals surface area contributed by atoms with Crippen molar-refractivity contribution in [2.45, 2.75) is 18.8 Å². The molecule has 0 saturated carbocycles. The van der Waals surface area contributed by atoms with Gasteiger partial charge in [-0.1, -0.05) is 18.2 Å². The van der Waals surface area contributed by atoms with Crippen LogP contribution in [0.2, 0.25) is 0 Å². The average Bonchev–Trinajstić information content (AvgIpc) is 3.08. The van der Waals surface area contributed by atoms with E-state index in [1.165, 1.54) is 37.6 Å². The highest BCUT2D eigenvalue weighted by Gasteiger charge is 2.47. The van der Waals surface area contributed by atoms with Gasteiger partial charge < -0.3 is 14.7 Å². The first-order valence-corrected chi connectivity index (χ1v) is 10.3. The summed E-state index contributed by atoms with van der Waals surface area (Å²) in [6.45, 7) is -0.368. The molecule has 0 spiro atoms. The van der Waals surface area contributed by atoms with Crippen LogP contribution in [0.3, 0.4) is 0 Å². The Balaban J connectivity index is 1.87. The number of benzene rings is 2. The van der Waals surface area contributed by atoms with Crippen LogP contribution < -0.4 is 4.74 Å². The Labute approximate surface area is 197 Å². The summed E-state index contributed by atoms with van der Waals surface area (Å²) >= 11 is 0. The Bertz CT molecular complexity index is 1320. The topological polar surface area (TPSA) is 79.7 Å². The molecule has 0 radical (unpaired) electrons. The maximum atomic E-state index is 14.0. The Morgan fingerprint density at radius 3 is 2.51 bits per heavy atom. The van der Waals surface area contributed by atoms with Crippen molar-refractivity contribution in [2.24, 2.45) is 0 Å². The number of ether oxygens (including phenoxy) is 1. The molecule has 1 fully saturated rings. The van der Waals surface area contributed by atoms with Gasteiger partial charge in [0.2, 0.25) is 0 Å². The van der Waals surface area contributed by atoms with E-state index in [9.17, 15) is 32.3 Å². The van der Waals surface area contributed by atoms with Crippen LogP contribution in [-0.2, 0) is 22.3 Å². The standard InChI is InChI=1S/C25H18F4N2O4/c1-35-19-9-8-16(26)12-17(19)22(32)20-21(18-7-2-3-10-30-18)31(24(34)23(20)33)13-14-5-4-6-15(11-14)25(27,28)29/h2-12,21,32H,13H2,1H3/b22-20+. The van der Waals surface area contributed by atoms with E-state index in [4.69, 9.17) is 4.74 Å². The van der Waals surface area contributed by atoms with Crippen LogP contribution in [-0.4, -0.2) is 33.8 Å². The van der Waals surface area contributed by atoms with Crippen LogP contribution in [0.5, 0.6) is 5.75 Å². The van der Waals surface area contributed by atoms with Gasteiger partial charge in [0.05, 0.1) is 29.5 Å². The fourth-order valence-electron chi connectivity index (χ4n) is 3.94. The van der Waals surface area contributed by atoms with Gasteiger partial charge in [-0.15, -0.1) is 0 Å². The lowest BCUT2D eigenvalue weighted by atomic mass is 9.97. The molecular weight excluding hydrogens is 468 g/mol. The van der Waals surface area contributed by atoms with Gasteiger partial charge in [-0.2, -0.15) is 13.2 Å². The Morgan fingerprint density at radius 2 is 1.86 bits per heavy atom. The van der Waals surface area contributed by atoms with Crippen molar-refractivity contribution in [3.63, 3.8) is 0 Å². The Kier molecular flexibility index (Phi) is 6.29. The van der Waals surface area contributed by atoms with Gasteiger partial charge in [-0.25, -0.2) is 4.39 Å². The molecule has 0 aliphatic carbocycles. The second-order valence-electron chi connectivity index (χ2n) is 7.72. The number of likely N-dealkylation sites (tertiary alicyclic amines) is 1. The number of pyridine rings is 1. The van der Waals surface area contributed by atoms with Crippen molar-refractivity contribution in [2.75, 3.05) is 7.11 Å². The number of rotatable bonds is 5. The summed E-state index contributed by atoms with van der Waals surface area (Å²) in [5.41, 5.74) is -1.15. The number of aliphatic hydroxyl groups excluding tert-OH is 1. The van der Waals surface area contributed by atoms with E-state index in [0.717, 1.165) is 29.2 Å². The van der Waals surface area contributed by atoms with E-state index in [1.807, 2.05) is 0 Å². The van der Waals surface area contributed by atoms with Crippen LogP contribution >= 0.6 is 0 Å². The molecule has 2 aromatic carbocycles. The molecule has 1 N–H and O–H groups in total. The minimum absolute atomic E-state index is 0.0488. The minimum atomic E-state index is -4.60. The van der Waals surface area contributed by atoms with E-state index >= 15 is 0 Å². The van der Waals surface area contributed by atoms with Gasteiger partial charge >= 0.3 is 6.18 Å². The predicted molar refractivity (Wildman–Crippen MR) is 116 cm³/mol. The SMILES string of the molecule is COc1ccc(F)cc1/C(O)=C1\C(=O)C(=O)N(Cc2cccc(C(F)(F)F)c2)C1c1ccccn1. The summed E-state index contributed by atoms with van der Waals surface area (Å²) < 4.78 is 58.7. The summed E-state index contributed by atoms with van der Waals surface area (Å²) in [5.74, 6) is -3.50. The Hall–Kier alpha value is -4.21. The highest BCUT2D eigenvalue weighted by Crippen LogP contribution is 2.41. The zero-order valence-electron chi connectivity index (χ0n) is 18.2. The molecule has 35 heavy (non-hydrogen) atoms. The summed E-state index contributed by atoms with van der Waals surface area (Å²) in [7, 11) is 1.28. The summed E-state index contributed by atoms with van der Waals surface area (Å²) in [5, 5.41) is 11.1. The van der Waals surface area contributed by atoms with Crippen molar-refractivity contribution in [3.8, 4) is 5.75 Å². The summed E-state index contributed by atoms with van der Waals surface area (Å²) in [6.07, 6.45) is -3.19. The molecule has 1 saturated heterocycles. The number of hydrogen-bond donors (Lipinski definition) is 1. The molecule has 1 aliphatic rings. The third-order valence-electron chi connectivity index (χ3n) is 5.53. The number of ketones is 1. The third-order valence-corrected chi connectivity index (χ3v) is 5.53. The van der Waals surface area contributed by atoms with Gasteiger partial charge in [-0.3, -0.25) is 14.6 Å².